The Kier molecular flexibility index (Phi) is 7.48. The van der Waals surface area contributed by atoms with Gasteiger partial charge in [-0.3, -0.25) is 9.59 Å². The van der Waals surface area contributed by atoms with E-state index in [9.17, 15) is 9.59 Å². The molecule has 7 heteroatoms. The van der Waals surface area contributed by atoms with Crippen LogP contribution in [-0.4, -0.2) is 52.8 Å². The van der Waals surface area contributed by atoms with Crippen LogP contribution in [0.25, 0.3) is 10.2 Å². The summed E-state index contributed by atoms with van der Waals surface area (Å²) < 4.78 is 1.22. The standard InChI is InChI=1S/C25H29N3O2S2/c1-17-6-5-7-19(16-17)23(29)26-21(12-15-31-2)25(30)28-13-10-18(11-14-28)24-27-20-8-3-4-9-22(20)32-24/h3-9,16,18,21H,10-15H2,1-2H3,(H,26,29)/t21-/m1/s1. The van der Waals surface area contributed by atoms with Gasteiger partial charge in [0.15, 0.2) is 0 Å². The summed E-state index contributed by atoms with van der Waals surface area (Å²) in [4.78, 5) is 32.8. The Labute approximate surface area is 197 Å². The Hall–Kier alpha value is -2.38. The first-order valence-electron chi connectivity index (χ1n) is 11.1. The largest absolute Gasteiger partial charge is 0.341 e. The number of carbonyl (C=O) groups excluding carboxylic acids is 2. The molecule has 1 aliphatic rings. The Morgan fingerprint density at radius 1 is 1.19 bits per heavy atom. The van der Waals surface area contributed by atoms with Crippen LogP contribution < -0.4 is 5.32 Å². The van der Waals surface area contributed by atoms with Crippen molar-refractivity contribution in [1.82, 2.24) is 15.2 Å². The van der Waals surface area contributed by atoms with Gasteiger partial charge in [-0.15, -0.1) is 11.3 Å². The van der Waals surface area contributed by atoms with Crippen LogP contribution in [-0.2, 0) is 4.79 Å². The number of carbonyl (C=O) groups is 2. The molecule has 2 amide bonds. The summed E-state index contributed by atoms with van der Waals surface area (Å²) in [6.45, 7) is 3.37. The van der Waals surface area contributed by atoms with E-state index in [1.54, 1.807) is 29.2 Å². The molecule has 3 aromatic rings. The second kappa shape index (κ2) is 10.5. The topological polar surface area (TPSA) is 62.3 Å². The zero-order chi connectivity index (χ0) is 22.5. The molecule has 5 nitrogen and oxygen atoms in total. The molecule has 0 radical (unpaired) electrons. The molecule has 1 N–H and O–H groups in total. The van der Waals surface area contributed by atoms with Crippen LogP contribution in [0.4, 0.5) is 0 Å². The normalized spacial score (nSPS) is 15.6. The highest BCUT2D eigenvalue weighted by Crippen LogP contribution is 2.34. The quantitative estimate of drug-likeness (QED) is 0.539. The van der Waals surface area contributed by atoms with E-state index in [0.717, 1.165) is 29.7 Å². The lowest BCUT2D eigenvalue weighted by Crippen LogP contribution is -2.50. The molecule has 4 rings (SSSR count). The summed E-state index contributed by atoms with van der Waals surface area (Å²) in [7, 11) is 0. The number of piperidine rings is 1. The third kappa shape index (κ3) is 5.33. The number of aryl methyl sites for hydroxylation is 1. The van der Waals surface area contributed by atoms with Crippen molar-refractivity contribution in [2.24, 2.45) is 0 Å². The summed E-state index contributed by atoms with van der Waals surface area (Å²) in [6, 6.07) is 15.2. The van der Waals surface area contributed by atoms with Gasteiger partial charge in [-0.25, -0.2) is 4.98 Å². The van der Waals surface area contributed by atoms with Gasteiger partial charge in [-0.2, -0.15) is 11.8 Å². The number of aromatic nitrogens is 1. The number of thiazole rings is 1. The number of fused-ring (bicyclic) bond motifs is 1. The maximum absolute atomic E-state index is 13.3. The van der Waals surface area contributed by atoms with Gasteiger partial charge in [0.25, 0.3) is 5.91 Å². The third-order valence-electron chi connectivity index (χ3n) is 5.96. The van der Waals surface area contributed by atoms with Crippen molar-refractivity contribution >= 4 is 45.1 Å². The number of likely N-dealkylation sites (tertiary alicyclic amines) is 1. The molecule has 32 heavy (non-hydrogen) atoms. The van der Waals surface area contributed by atoms with Crippen molar-refractivity contribution in [3.63, 3.8) is 0 Å². The van der Waals surface area contributed by atoms with Crippen molar-refractivity contribution in [3.05, 3.63) is 64.7 Å². The van der Waals surface area contributed by atoms with Gasteiger partial charge in [-0.05, 0) is 62.5 Å². The molecule has 0 bridgehead atoms. The smallest absolute Gasteiger partial charge is 0.251 e. The van der Waals surface area contributed by atoms with Crippen LogP contribution in [0.2, 0.25) is 0 Å². The first-order valence-corrected chi connectivity index (χ1v) is 13.3. The molecule has 0 saturated carbocycles. The van der Waals surface area contributed by atoms with Crippen molar-refractivity contribution in [2.75, 3.05) is 25.1 Å². The van der Waals surface area contributed by atoms with Gasteiger partial charge in [0.05, 0.1) is 15.2 Å². The minimum absolute atomic E-state index is 0.0304. The van der Waals surface area contributed by atoms with Crippen LogP contribution in [0.1, 0.15) is 46.1 Å². The molecule has 1 aliphatic heterocycles. The summed E-state index contributed by atoms with van der Waals surface area (Å²) in [5.74, 6) is 1.07. The zero-order valence-corrected chi connectivity index (χ0v) is 20.2. The van der Waals surface area contributed by atoms with Crippen LogP contribution in [0.5, 0.6) is 0 Å². The molecule has 2 aromatic carbocycles. The van der Waals surface area contributed by atoms with Crippen molar-refractivity contribution < 1.29 is 9.59 Å². The predicted molar refractivity (Wildman–Crippen MR) is 134 cm³/mol. The average molecular weight is 468 g/mol. The fourth-order valence-electron chi connectivity index (χ4n) is 4.15. The summed E-state index contributed by atoms with van der Waals surface area (Å²) in [5.41, 5.74) is 2.69. The highest BCUT2D eigenvalue weighted by atomic mass is 32.2. The highest BCUT2D eigenvalue weighted by Gasteiger charge is 2.30. The van der Waals surface area contributed by atoms with E-state index < -0.39 is 6.04 Å². The molecule has 0 aliphatic carbocycles. The van der Waals surface area contributed by atoms with Gasteiger partial charge in [0.1, 0.15) is 6.04 Å². The number of amides is 2. The lowest BCUT2D eigenvalue weighted by molar-refractivity contribution is -0.134. The molecule has 0 unspecified atom stereocenters. The van der Waals surface area contributed by atoms with E-state index in [-0.39, 0.29) is 11.8 Å². The van der Waals surface area contributed by atoms with E-state index in [0.29, 0.717) is 31.0 Å². The van der Waals surface area contributed by atoms with E-state index in [1.165, 1.54) is 9.71 Å². The van der Waals surface area contributed by atoms with Crippen LogP contribution in [0, 0.1) is 6.92 Å². The molecular weight excluding hydrogens is 438 g/mol. The van der Waals surface area contributed by atoms with Gasteiger partial charge in [0, 0.05) is 24.6 Å². The zero-order valence-electron chi connectivity index (χ0n) is 18.5. The second-order valence-corrected chi connectivity index (χ2v) is 10.3. The van der Waals surface area contributed by atoms with Gasteiger partial charge < -0.3 is 10.2 Å². The van der Waals surface area contributed by atoms with Crippen molar-refractivity contribution in [1.29, 1.82) is 0 Å². The molecule has 1 atom stereocenters. The molecule has 2 heterocycles. The monoisotopic (exact) mass is 467 g/mol. The highest BCUT2D eigenvalue weighted by molar-refractivity contribution is 7.98. The molecule has 0 spiro atoms. The number of hydrogen-bond donors (Lipinski definition) is 1. The fourth-order valence-corrected chi connectivity index (χ4v) is 5.76. The number of nitrogens with zero attached hydrogens (tertiary/aromatic N) is 2. The third-order valence-corrected chi connectivity index (χ3v) is 7.80. The van der Waals surface area contributed by atoms with E-state index >= 15 is 0 Å². The number of para-hydroxylation sites is 1. The first kappa shape index (κ1) is 22.8. The van der Waals surface area contributed by atoms with Crippen LogP contribution >= 0.6 is 23.1 Å². The van der Waals surface area contributed by atoms with Gasteiger partial charge >= 0.3 is 0 Å². The van der Waals surface area contributed by atoms with Crippen LogP contribution in [0.15, 0.2) is 48.5 Å². The average Bonchev–Trinajstić information content (AvgIpc) is 3.25. The molecule has 1 fully saturated rings. The van der Waals surface area contributed by atoms with Crippen LogP contribution in [0.3, 0.4) is 0 Å². The fraction of sp³-hybridized carbons (Fsp3) is 0.400. The Bertz CT molecular complexity index is 1060. The van der Waals surface area contributed by atoms with E-state index in [1.807, 2.05) is 48.4 Å². The van der Waals surface area contributed by atoms with Crippen molar-refractivity contribution in [2.45, 2.75) is 38.1 Å². The molecule has 1 saturated heterocycles. The Morgan fingerprint density at radius 2 is 1.97 bits per heavy atom. The number of nitrogens with one attached hydrogen (secondary N) is 1. The minimum atomic E-state index is -0.491. The summed E-state index contributed by atoms with van der Waals surface area (Å²) in [5, 5.41) is 4.17. The number of rotatable bonds is 7. The maximum Gasteiger partial charge on any atom is 0.251 e. The number of benzene rings is 2. The maximum atomic E-state index is 13.3. The lowest BCUT2D eigenvalue weighted by atomic mass is 9.96. The minimum Gasteiger partial charge on any atom is -0.341 e. The van der Waals surface area contributed by atoms with E-state index in [2.05, 4.69) is 17.4 Å². The lowest BCUT2D eigenvalue weighted by Gasteiger charge is -2.33. The number of hydrogen-bond acceptors (Lipinski definition) is 5. The van der Waals surface area contributed by atoms with Gasteiger partial charge in [0.2, 0.25) is 5.91 Å². The summed E-state index contributed by atoms with van der Waals surface area (Å²) >= 11 is 3.45. The number of thioether (sulfide) groups is 1. The Morgan fingerprint density at radius 3 is 2.69 bits per heavy atom. The molecule has 1 aromatic heterocycles. The van der Waals surface area contributed by atoms with E-state index in [4.69, 9.17) is 4.98 Å². The summed E-state index contributed by atoms with van der Waals surface area (Å²) in [6.07, 6.45) is 4.47. The van der Waals surface area contributed by atoms with Gasteiger partial charge in [-0.1, -0.05) is 29.8 Å². The SMILES string of the molecule is CSCC[C@@H](NC(=O)c1cccc(C)c1)C(=O)N1CCC(c2nc3ccccc3s2)CC1. The first-order chi connectivity index (χ1) is 15.5. The predicted octanol–water partition coefficient (Wildman–Crippen LogP) is 4.86. The second-order valence-electron chi connectivity index (χ2n) is 8.30. The van der Waals surface area contributed by atoms with Crippen molar-refractivity contribution in [3.8, 4) is 0 Å². The molecular formula is C25H29N3O2S2. The Balaban J connectivity index is 1.39. The molecule has 168 valence electrons.